The minimum Gasteiger partial charge on any atom is -0.462 e. The number of hydrogen-bond acceptors (Lipinski definition) is 4. The molecule has 0 unspecified atom stereocenters. The van der Waals surface area contributed by atoms with Gasteiger partial charge in [0.1, 0.15) is 6.61 Å². The molecule has 1 aliphatic rings. The van der Waals surface area contributed by atoms with Crippen LogP contribution in [0.4, 0.5) is 0 Å². The summed E-state index contributed by atoms with van der Waals surface area (Å²) in [6.07, 6.45) is 3.75. The third kappa shape index (κ3) is 3.17. The van der Waals surface area contributed by atoms with Crippen LogP contribution in [0.5, 0.6) is 6.01 Å². The number of aromatic nitrogens is 2. The quantitative estimate of drug-likeness (QED) is 0.842. The van der Waals surface area contributed by atoms with E-state index in [1.165, 1.54) is 19.3 Å². The van der Waals surface area contributed by atoms with Gasteiger partial charge in [-0.05, 0) is 39.3 Å². The van der Waals surface area contributed by atoms with Crippen molar-refractivity contribution >= 4 is 0 Å². The minimum atomic E-state index is 0.457. The van der Waals surface area contributed by atoms with E-state index in [2.05, 4.69) is 15.3 Å². The second-order valence-electron chi connectivity index (χ2n) is 4.39. The topological polar surface area (TPSA) is 47.0 Å². The maximum absolute atomic E-state index is 5.62. The lowest BCUT2D eigenvalue weighted by Gasteiger charge is -2.22. The molecule has 1 aliphatic heterocycles. The number of piperidine rings is 1. The van der Waals surface area contributed by atoms with E-state index in [0.29, 0.717) is 18.7 Å². The monoisotopic (exact) mass is 221 g/mol. The Balaban J connectivity index is 1.88. The molecule has 0 spiro atoms. The molecule has 16 heavy (non-hydrogen) atoms. The van der Waals surface area contributed by atoms with Gasteiger partial charge in [-0.3, -0.25) is 0 Å². The number of rotatable bonds is 3. The molecule has 2 rings (SSSR count). The van der Waals surface area contributed by atoms with Crippen molar-refractivity contribution in [2.24, 2.45) is 0 Å². The first-order valence-electron chi connectivity index (χ1n) is 5.92. The van der Waals surface area contributed by atoms with Crippen LogP contribution in [0.15, 0.2) is 6.07 Å². The highest BCUT2D eigenvalue weighted by Gasteiger charge is 2.13. The van der Waals surface area contributed by atoms with Gasteiger partial charge in [0, 0.05) is 17.4 Å². The Morgan fingerprint density at radius 3 is 2.69 bits per heavy atom. The number of nitrogens with one attached hydrogen (secondary N) is 1. The Bertz CT molecular complexity index is 328. The van der Waals surface area contributed by atoms with Crippen LogP contribution in [0.1, 0.15) is 30.7 Å². The lowest BCUT2D eigenvalue weighted by atomic mass is 10.1. The van der Waals surface area contributed by atoms with Crippen molar-refractivity contribution in [3.63, 3.8) is 0 Å². The van der Waals surface area contributed by atoms with Crippen molar-refractivity contribution in [1.82, 2.24) is 15.3 Å². The third-order valence-corrected chi connectivity index (χ3v) is 2.79. The smallest absolute Gasteiger partial charge is 0.316 e. The largest absolute Gasteiger partial charge is 0.462 e. The van der Waals surface area contributed by atoms with E-state index in [1.807, 2.05) is 19.9 Å². The van der Waals surface area contributed by atoms with Crippen LogP contribution in [0, 0.1) is 13.8 Å². The fraction of sp³-hybridized carbons (Fsp3) is 0.667. The van der Waals surface area contributed by atoms with Gasteiger partial charge in [-0.2, -0.15) is 0 Å². The highest BCUT2D eigenvalue weighted by atomic mass is 16.5. The predicted molar refractivity (Wildman–Crippen MR) is 62.6 cm³/mol. The molecule has 4 heteroatoms. The number of ether oxygens (including phenoxy) is 1. The van der Waals surface area contributed by atoms with Gasteiger partial charge in [-0.1, -0.05) is 6.42 Å². The minimum absolute atomic E-state index is 0.457. The molecule has 2 heterocycles. The van der Waals surface area contributed by atoms with Crippen molar-refractivity contribution in [1.29, 1.82) is 0 Å². The van der Waals surface area contributed by atoms with Gasteiger partial charge in [-0.15, -0.1) is 0 Å². The van der Waals surface area contributed by atoms with Crippen LogP contribution >= 0.6 is 0 Å². The molecule has 1 saturated heterocycles. The maximum Gasteiger partial charge on any atom is 0.316 e. The summed E-state index contributed by atoms with van der Waals surface area (Å²) in [6.45, 7) is 5.69. The van der Waals surface area contributed by atoms with Gasteiger partial charge in [-0.25, -0.2) is 9.97 Å². The SMILES string of the molecule is Cc1cc(C)nc(OC[C@@H]2CCCCN2)n1. The summed E-state index contributed by atoms with van der Waals surface area (Å²) < 4.78 is 5.62. The highest BCUT2D eigenvalue weighted by Crippen LogP contribution is 2.10. The number of hydrogen-bond donors (Lipinski definition) is 1. The fourth-order valence-electron chi connectivity index (χ4n) is 2.00. The first-order valence-corrected chi connectivity index (χ1v) is 5.92. The van der Waals surface area contributed by atoms with Crippen LogP contribution in [0.3, 0.4) is 0 Å². The van der Waals surface area contributed by atoms with Gasteiger partial charge >= 0.3 is 6.01 Å². The summed E-state index contributed by atoms with van der Waals surface area (Å²) in [5.74, 6) is 0. The van der Waals surface area contributed by atoms with Crippen molar-refractivity contribution < 1.29 is 4.74 Å². The Labute approximate surface area is 96.4 Å². The molecule has 1 fully saturated rings. The molecule has 88 valence electrons. The molecule has 1 aromatic heterocycles. The molecular formula is C12H19N3O. The zero-order valence-corrected chi connectivity index (χ0v) is 9.99. The summed E-state index contributed by atoms with van der Waals surface area (Å²) in [5, 5.41) is 3.44. The van der Waals surface area contributed by atoms with Gasteiger partial charge in [0.25, 0.3) is 0 Å². The summed E-state index contributed by atoms with van der Waals surface area (Å²) in [4.78, 5) is 8.51. The fourth-order valence-corrected chi connectivity index (χ4v) is 2.00. The zero-order valence-electron chi connectivity index (χ0n) is 9.99. The second kappa shape index (κ2) is 5.25. The predicted octanol–water partition coefficient (Wildman–Crippen LogP) is 1.61. The molecule has 1 aromatic rings. The first kappa shape index (κ1) is 11.3. The van der Waals surface area contributed by atoms with Crippen molar-refractivity contribution in [3.8, 4) is 6.01 Å². The molecule has 0 bridgehead atoms. The van der Waals surface area contributed by atoms with Crippen molar-refractivity contribution in [2.75, 3.05) is 13.2 Å². The summed E-state index contributed by atoms with van der Waals surface area (Å²) in [5.41, 5.74) is 1.92. The van der Waals surface area contributed by atoms with Crippen LogP contribution < -0.4 is 10.1 Å². The van der Waals surface area contributed by atoms with E-state index < -0.39 is 0 Å². The Hall–Kier alpha value is -1.16. The standard InChI is InChI=1S/C12H19N3O/c1-9-7-10(2)15-12(14-9)16-8-11-5-3-4-6-13-11/h7,11,13H,3-6,8H2,1-2H3/t11-/m0/s1. The molecule has 1 N–H and O–H groups in total. The first-order chi connectivity index (χ1) is 7.74. The maximum atomic E-state index is 5.62. The highest BCUT2D eigenvalue weighted by molar-refractivity contribution is 5.11. The van der Waals surface area contributed by atoms with Crippen LogP contribution in [0.25, 0.3) is 0 Å². The van der Waals surface area contributed by atoms with Gasteiger partial charge in [0.05, 0.1) is 0 Å². The van der Waals surface area contributed by atoms with Crippen LogP contribution in [-0.2, 0) is 0 Å². The average molecular weight is 221 g/mol. The molecule has 0 aliphatic carbocycles. The number of aryl methyl sites for hydroxylation is 2. The van der Waals surface area contributed by atoms with Gasteiger partial charge in [0.2, 0.25) is 0 Å². The average Bonchev–Trinajstić information content (AvgIpc) is 2.27. The summed E-state index contributed by atoms with van der Waals surface area (Å²) >= 11 is 0. The van der Waals surface area contributed by atoms with Gasteiger partial charge < -0.3 is 10.1 Å². The summed E-state index contributed by atoms with van der Waals surface area (Å²) in [6, 6.07) is 2.91. The third-order valence-electron chi connectivity index (χ3n) is 2.79. The van der Waals surface area contributed by atoms with Crippen LogP contribution in [0.2, 0.25) is 0 Å². The van der Waals surface area contributed by atoms with Crippen LogP contribution in [-0.4, -0.2) is 29.2 Å². The molecule has 0 radical (unpaired) electrons. The Morgan fingerprint density at radius 1 is 1.31 bits per heavy atom. The van der Waals surface area contributed by atoms with E-state index in [-0.39, 0.29) is 0 Å². The summed E-state index contributed by atoms with van der Waals surface area (Å²) in [7, 11) is 0. The molecule has 0 saturated carbocycles. The van der Waals surface area contributed by atoms with Crippen molar-refractivity contribution in [2.45, 2.75) is 39.2 Å². The zero-order chi connectivity index (χ0) is 11.4. The van der Waals surface area contributed by atoms with E-state index in [9.17, 15) is 0 Å². The normalized spacial score (nSPS) is 20.8. The lowest BCUT2D eigenvalue weighted by molar-refractivity contribution is 0.223. The second-order valence-corrected chi connectivity index (χ2v) is 4.39. The molecule has 0 aromatic carbocycles. The van der Waals surface area contributed by atoms with Gasteiger partial charge in [0.15, 0.2) is 0 Å². The molecule has 4 nitrogen and oxygen atoms in total. The van der Waals surface area contributed by atoms with E-state index in [4.69, 9.17) is 4.74 Å². The lowest BCUT2D eigenvalue weighted by Crippen LogP contribution is -2.38. The van der Waals surface area contributed by atoms with Crippen molar-refractivity contribution in [3.05, 3.63) is 17.5 Å². The Kier molecular flexibility index (Phi) is 3.72. The Morgan fingerprint density at radius 2 is 2.06 bits per heavy atom. The van der Waals surface area contributed by atoms with E-state index in [1.54, 1.807) is 0 Å². The van der Waals surface area contributed by atoms with E-state index >= 15 is 0 Å². The molecular weight excluding hydrogens is 202 g/mol. The molecule has 0 amide bonds. The molecule has 1 atom stereocenters. The number of nitrogens with zero attached hydrogens (tertiary/aromatic N) is 2. The van der Waals surface area contributed by atoms with E-state index in [0.717, 1.165) is 17.9 Å².